The van der Waals surface area contributed by atoms with E-state index in [2.05, 4.69) is 22.3 Å². The summed E-state index contributed by atoms with van der Waals surface area (Å²) < 4.78 is 5.17. The number of aliphatic carboxylic acids is 1. The van der Waals surface area contributed by atoms with E-state index in [0.29, 0.717) is 11.7 Å². The second-order valence-corrected chi connectivity index (χ2v) is 6.72. The Kier molecular flexibility index (Phi) is 5.73. The van der Waals surface area contributed by atoms with Gasteiger partial charge in [-0.05, 0) is 49.7 Å². The highest BCUT2D eigenvalue weighted by Crippen LogP contribution is 2.29. The minimum atomic E-state index is -0.969. The maximum absolute atomic E-state index is 10.5. The summed E-state index contributed by atoms with van der Waals surface area (Å²) in [5.74, 6) is 0.0718. The topological polar surface area (TPSA) is 74.7 Å². The Bertz CT molecular complexity index is 761. The number of hydrogen-bond acceptors (Lipinski definition) is 5. The Hall–Kier alpha value is -2.60. The van der Waals surface area contributed by atoms with Crippen molar-refractivity contribution in [3.8, 4) is 5.75 Å². The van der Waals surface area contributed by atoms with Gasteiger partial charge in [-0.1, -0.05) is 12.1 Å². The number of carboxylic acid groups (broad SMARTS) is 1. The van der Waals surface area contributed by atoms with Crippen molar-refractivity contribution in [2.75, 3.05) is 32.1 Å². The van der Waals surface area contributed by atoms with Gasteiger partial charge in [-0.3, -0.25) is 9.88 Å². The SMILES string of the molecule is CNc1cc(C)nc([C@H]2CCN(Cc3ccc(OCC(=O)O)cc3)C2)c1. The van der Waals surface area contributed by atoms with Gasteiger partial charge in [-0.25, -0.2) is 4.79 Å². The number of pyridine rings is 1. The lowest BCUT2D eigenvalue weighted by atomic mass is 10.0. The number of ether oxygens (including phenoxy) is 1. The fraction of sp³-hybridized carbons (Fsp3) is 0.400. The lowest BCUT2D eigenvalue weighted by Gasteiger charge is -2.17. The van der Waals surface area contributed by atoms with Gasteiger partial charge < -0.3 is 15.2 Å². The first-order chi connectivity index (χ1) is 12.5. The van der Waals surface area contributed by atoms with E-state index in [-0.39, 0.29) is 6.61 Å². The fourth-order valence-corrected chi connectivity index (χ4v) is 3.36. The molecule has 1 aromatic heterocycles. The lowest BCUT2D eigenvalue weighted by Crippen LogP contribution is -2.20. The molecule has 2 heterocycles. The number of carboxylic acids is 1. The zero-order chi connectivity index (χ0) is 18.5. The Morgan fingerprint density at radius 2 is 2.12 bits per heavy atom. The number of benzene rings is 1. The molecular formula is C20H25N3O3. The van der Waals surface area contributed by atoms with Crippen LogP contribution in [0.4, 0.5) is 5.69 Å². The third-order valence-electron chi connectivity index (χ3n) is 4.64. The quantitative estimate of drug-likeness (QED) is 0.795. The molecule has 1 fully saturated rings. The minimum Gasteiger partial charge on any atom is -0.482 e. The number of nitrogens with zero attached hydrogens (tertiary/aromatic N) is 2. The van der Waals surface area contributed by atoms with Crippen LogP contribution in [0.25, 0.3) is 0 Å². The zero-order valence-corrected chi connectivity index (χ0v) is 15.2. The molecule has 138 valence electrons. The highest BCUT2D eigenvalue weighted by molar-refractivity contribution is 5.68. The Morgan fingerprint density at radius 3 is 2.81 bits per heavy atom. The Morgan fingerprint density at radius 1 is 1.35 bits per heavy atom. The van der Waals surface area contributed by atoms with Crippen LogP contribution in [0.2, 0.25) is 0 Å². The van der Waals surface area contributed by atoms with E-state index in [9.17, 15) is 4.79 Å². The number of carbonyl (C=O) groups is 1. The normalized spacial score (nSPS) is 17.2. The molecule has 6 nitrogen and oxygen atoms in total. The molecule has 0 aliphatic carbocycles. The van der Waals surface area contributed by atoms with Gasteiger partial charge in [0.2, 0.25) is 0 Å². The van der Waals surface area contributed by atoms with E-state index in [0.717, 1.165) is 43.1 Å². The second-order valence-electron chi connectivity index (χ2n) is 6.72. The molecule has 1 saturated heterocycles. The van der Waals surface area contributed by atoms with Gasteiger partial charge in [0.1, 0.15) is 5.75 Å². The van der Waals surface area contributed by atoms with Crippen LogP contribution in [0.1, 0.15) is 29.3 Å². The molecule has 0 bridgehead atoms. The second kappa shape index (κ2) is 8.19. The predicted octanol–water partition coefficient (Wildman–Crippen LogP) is 2.88. The molecule has 0 saturated carbocycles. The lowest BCUT2D eigenvalue weighted by molar-refractivity contribution is -0.139. The van der Waals surface area contributed by atoms with Gasteiger partial charge in [-0.2, -0.15) is 0 Å². The van der Waals surface area contributed by atoms with Crippen molar-refractivity contribution in [1.82, 2.24) is 9.88 Å². The maximum Gasteiger partial charge on any atom is 0.341 e. The van der Waals surface area contributed by atoms with Crippen LogP contribution in [0.3, 0.4) is 0 Å². The predicted molar refractivity (Wildman–Crippen MR) is 101 cm³/mol. The molecule has 0 spiro atoms. The highest BCUT2D eigenvalue weighted by Gasteiger charge is 2.25. The number of nitrogens with one attached hydrogen (secondary N) is 1. The summed E-state index contributed by atoms with van der Waals surface area (Å²) in [6, 6.07) is 11.9. The molecule has 0 radical (unpaired) electrons. The summed E-state index contributed by atoms with van der Waals surface area (Å²) in [4.78, 5) is 17.7. The van der Waals surface area contributed by atoms with Crippen LogP contribution in [0, 0.1) is 6.92 Å². The van der Waals surface area contributed by atoms with Crippen molar-refractivity contribution < 1.29 is 14.6 Å². The van der Waals surface area contributed by atoms with Gasteiger partial charge >= 0.3 is 5.97 Å². The number of aromatic nitrogens is 1. The van der Waals surface area contributed by atoms with Crippen LogP contribution in [0.15, 0.2) is 36.4 Å². The number of hydrogen-bond donors (Lipinski definition) is 2. The van der Waals surface area contributed by atoms with Crippen LogP contribution in [-0.2, 0) is 11.3 Å². The van der Waals surface area contributed by atoms with Crippen LogP contribution in [-0.4, -0.2) is 47.7 Å². The summed E-state index contributed by atoms with van der Waals surface area (Å²) in [6.07, 6.45) is 1.11. The van der Waals surface area contributed by atoms with Crippen LogP contribution in [0.5, 0.6) is 5.75 Å². The average molecular weight is 355 g/mol. The van der Waals surface area contributed by atoms with Gasteiger partial charge in [0, 0.05) is 43.1 Å². The molecule has 1 aromatic carbocycles. The first-order valence-corrected chi connectivity index (χ1v) is 8.85. The molecule has 1 atom stereocenters. The van der Waals surface area contributed by atoms with Gasteiger partial charge in [0.15, 0.2) is 6.61 Å². The monoisotopic (exact) mass is 355 g/mol. The minimum absolute atomic E-state index is 0.314. The van der Waals surface area contributed by atoms with Gasteiger partial charge in [0.25, 0.3) is 0 Å². The van der Waals surface area contributed by atoms with E-state index >= 15 is 0 Å². The number of likely N-dealkylation sites (tertiary alicyclic amines) is 1. The van der Waals surface area contributed by atoms with Gasteiger partial charge in [0.05, 0.1) is 0 Å². The van der Waals surface area contributed by atoms with Crippen molar-refractivity contribution in [1.29, 1.82) is 0 Å². The summed E-state index contributed by atoms with van der Waals surface area (Å²) in [6.45, 7) is 4.64. The molecule has 6 heteroatoms. The summed E-state index contributed by atoms with van der Waals surface area (Å²) >= 11 is 0. The molecule has 0 amide bonds. The largest absolute Gasteiger partial charge is 0.482 e. The Balaban J connectivity index is 1.57. The third kappa shape index (κ3) is 4.73. The smallest absolute Gasteiger partial charge is 0.341 e. The molecule has 0 unspecified atom stereocenters. The summed E-state index contributed by atoms with van der Waals surface area (Å²) in [7, 11) is 1.93. The van der Waals surface area contributed by atoms with Crippen molar-refractivity contribution in [2.24, 2.45) is 0 Å². The van der Waals surface area contributed by atoms with Crippen molar-refractivity contribution >= 4 is 11.7 Å². The number of rotatable bonds is 7. The molecule has 1 aliphatic heterocycles. The summed E-state index contributed by atoms with van der Waals surface area (Å²) in [5, 5.41) is 11.9. The van der Waals surface area contributed by atoms with Crippen LogP contribution < -0.4 is 10.1 Å². The van der Waals surface area contributed by atoms with E-state index in [1.165, 1.54) is 5.56 Å². The highest BCUT2D eigenvalue weighted by atomic mass is 16.5. The standard InChI is InChI=1S/C20H25N3O3/c1-14-9-17(21-2)10-19(22-14)16-7-8-23(12-16)11-15-3-5-18(6-4-15)26-13-20(24)25/h3-6,9-10,16H,7-8,11-13H2,1-2H3,(H,21,22)(H,24,25)/t16-/m0/s1. The first kappa shape index (κ1) is 18.2. The average Bonchev–Trinajstić information content (AvgIpc) is 3.09. The number of aryl methyl sites for hydroxylation is 1. The van der Waals surface area contributed by atoms with E-state index < -0.39 is 5.97 Å². The third-order valence-corrected chi connectivity index (χ3v) is 4.64. The maximum atomic E-state index is 10.5. The van der Waals surface area contributed by atoms with E-state index in [1.807, 2.05) is 38.2 Å². The van der Waals surface area contributed by atoms with Crippen molar-refractivity contribution in [2.45, 2.75) is 25.8 Å². The van der Waals surface area contributed by atoms with E-state index in [1.54, 1.807) is 0 Å². The fourth-order valence-electron chi connectivity index (χ4n) is 3.36. The van der Waals surface area contributed by atoms with Crippen molar-refractivity contribution in [3.05, 3.63) is 53.3 Å². The van der Waals surface area contributed by atoms with Crippen LogP contribution >= 0.6 is 0 Å². The number of anilines is 1. The first-order valence-electron chi connectivity index (χ1n) is 8.85. The molecule has 1 aliphatic rings. The molecular weight excluding hydrogens is 330 g/mol. The van der Waals surface area contributed by atoms with Crippen molar-refractivity contribution in [3.63, 3.8) is 0 Å². The van der Waals surface area contributed by atoms with Gasteiger partial charge in [-0.15, -0.1) is 0 Å². The molecule has 2 N–H and O–H groups in total. The summed E-state index contributed by atoms with van der Waals surface area (Å²) in [5.41, 5.74) is 4.51. The molecule has 26 heavy (non-hydrogen) atoms. The molecule has 2 aromatic rings. The zero-order valence-electron chi connectivity index (χ0n) is 15.2. The van der Waals surface area contributed by atoms with E-state index in [4.69, 9.17) is 14.8 Å². The Labute approximate surface area is 153 Å². The molecule has 3 rings (SSSR count).